The lowest BCUT2D eigenvalue weighted by atomic mass is 9.65. The third-order valence-corrected chi connectivity index (χ3v) is 7.23. The number of β-amino-alcohol motifs (C(OH)–C–C–N with tert-alkyl or cyclic N) is 1. The van der Waals surface area contributed by atoms with Crippen LogP contribution in [0.3, 0.4) is 0 Å². The van der Waals surface area contributed by atoms with Crippen LogP contribution in [0.5, 0.6) is 0 Å². The molecule has 2 aromatic rings. The van der Waals surface area contributed by atoms with Crippen LogP contribution in [0, 0.1) is 5.92 Å². The lowest BCUT2D eigenvalue weighted by Crippen LogP contribution is -2.63. The molecule has 6 atom stereocenters. The minimum atomic E-state index is -1.06. The first-order valence-electron chi connectivity index (χ1n) is 10.7. The number of nitrogens with one attached hydrogen (secondary N) is 1. The lowest BCUT2D eigenvalue weighted by Gasteiger charge is -2.50. The standard InChI is InChI=1S/C23H33N3O4/c1-14(2)5-8-19(28)22(3)21-20(30-4)18(27)9-10-23(21,29)13-26(22)16-6-7-17-15(11-16)12-24-25-17/h5-7,11-12,18-21,27-29H,8-10,13H2,1-4H3,(H,24,25)/t18-,19-,20-,21-,22-,23+/m1/s1. The molecule has 1 aliphatic heterocycles. The zero-order valence-corrected chi connectivity index (χ0v) is 18.2. The highest BCUT2D eigenvalue weighted by Crippen LogP contribution is 2.53. The number of H-pyrrole nitrogens is 1. The number of aromatic amines is 1. The Bertz CT molecular complexity index is 939. The Morgan fingerprint density at radius 1 is 1.43 bits per heavy atom. The SMILES string of the molecule is CO[C@@H]1[C@H](O)CC[C@]2(O)CN(c3ccc4[nH]ncc4c3)[C@](C)([C@H](O)CC=C(C)C)[C@@H]12. The summed E-state index contributed by atoms with van der Waals surface area (Å²) in [5.41, 5.74) is 1.08. The van der Waals surface area contributed by atoms with Crippen molar-refractivity contribution < 1.29 is 20.1 Å². The Labute approximate surface area is 177 Å². The molecule has 7 heteroatoms. The third-order valence-electron chi connectivity index (χ3n) is 7.23. The van der Waals surface area contributed by atoms with Crippen LogP contribution in [-0.4, -0.2) is 68.6 Å². The zero-order chi connectivity index (χ0) is 21.7. The maximum absolute atomic E-state index is 11.7. The van der Waals surface area contributed by atoms with Gasteiger partial charge in [0.25, 0.3) is 0 Å². The fraction of sp³-hybridized carbons (Fsp3) is 0.609. The van der Waals surface area contributed by atoms with Gasteiger partial charge < -0.3 is 25.0 Å². The second kappa shape index (κ2) is 7.64. The Hall–Kier alpha value is -1.93. The number of hydrogen-bond donors (Lipinski definition) is 4. The molecule has 2 fully saturated rings. The fourth-order valence-corrected chi connectivity index (χ4v) is 5.65. The van der Waals surface area contributed by atoms with Crippen molar-refractivity contribution in [2.24, 2.45) is 5.92 Å². The fourth-order valence-electron chi connectivity index (χ4n) is 5.65. The molecule has 0 bridgehead atoms. The van der Waals surface area contributed by atoms with Crippen LogP contribution in [0.2, 0.25) is 0 Å². The van der Waals surface area contributed by atoms with Gasteiger partial charge in [-0.3, -0.25) is 5.10 Å². The molecule has 1 aromatic carbocycles. The predicted molar refractivity (Wildman–Crippen MR) is 116 cm³/mol. The van der Waals surface area contributed by atoms with Gasteiger partial charge in [0, 0.05) is 30.6 Å². The largest absolute Gasteiger partial charge is 0.390 e. The van der Waals surface area contributed by atoms with Crippen LogP contribution in [0.25, 0.3) is 10.9 Å². The van der Waals surface area contributed by atoms with Gasteiger partial charge in [0.05, 0.1) is 41.2 Å². The van der Waals surface area contributed by atoms with Crippen LogP contribution < -0.4 is 4.90 Å². The average Bonchev–Trinajstić information content (AvgIpc) is 3.27. The number of methoxy groups -OCH3 is 1. The van der Waals surface area contributed by atoms with E-state index in [-0.39, 0.29) is 0 Å². The number of rotatable bonds is 5. The van der Waals surface area contributed by atoms with Gasteiger partial charge in [0.15, 0.2) is 0 Å². The van der Waals surface area contributed by atoms with E-state index in [1.165, 1.54) is 0 Å². The van der Waals surface area contributed by atoms with E-state index in [2.05, 4.69) is 15.1 Å². The topological polar surface area (TPSA) is 102 Å². The lowest BCUT2D eigenvalue weighted by molar-refractivity contribution is -0.164. The van der Waals surface area contributed by atoms with Crippen LogP contribution >= 0.6 is 0 Å². The van der Waals surface area contributed by atoms with Crippen molar-refractivity contribution in [2.45, 2.75) is 69.5 Å². The summed E-state index contributed by atoms with van der Waals surface area (Å²) >= 11 is 0. The first kappa shape index (κ1) is 21.3. The van der Waals surface area contributed by atoms with Crippen LogP contribution in [-0.2, 0) is 4.74 Å². The molecule has 0 radical (unpaired) electrons. The maximum atomic E-state index is 11.7. The van der Waals surface area contributed by atoms with Crippen LogP contribution in [0.1, 0.15) is 40.0 Å². The second-order valence-electron chi connectivity index (χ2n) is 9.37. The average molecular weight is 416 g/mol. The summed E-state index contributed by atoms with van der Waals surface area (Å²) in [5, 5.41) is 41.9. The minimum absolute atomic E-state index is 0.371. The number of aromatic nitrogens is 2. The van der Waals surface area contributed by atoms with Gasteiger partial charge in [-0.25, -0.2) is 0 Å². The van der Waals surface area contributed by atoms with Crippen molar-refractivity contribution in [3.8, 4) is 0 Å². The van der Waals surface area contributed by atoms with Gasteiger partial charge in [0.1, 0.15) is 0 Å². The van der Waals surface area contributed by atoms with Crippen molar-refractivity contribution in [3.63, 3.8) is 0 Å². The highest BCUT2D eigenvalue weighted by Gasteiger charge is 2.66. The Kier molecular flexibility index (Phi) is 5.43. The van der Waals surface area contributed by atoms with E-state index in [0.717, 1.165) is 22.2 Å². The number of nitrogens with zero attached hydrogens (tertiary/aromatic N) is 2. The number of ether oxygens (including phenoxy) is 1. The Morgan fingerprint density at radius 3 is 2.90 bits per heavy atom. The molecule has 4 N–H and O–H groups in total. The van der Waals surface area contributed by atoms with Gasteiger partial charge in [0.2, 0.25) is 0 Å². The maximum Gasteiger partial charge on any atom is 0.0909 e. The van der Waals surface area contributed by atoms with E-state index in [1.54, 1.807) is 13.3 Å². The molecule has 1 saturated carbocycles. The Balaban J connectivity index is 1.83. The zero-order valence-electron chi connectivity index (χ0n) is 18.2. The normalized spacial score (nSPS) is 34.8. The first-order valence-corrected chi connectivity index (χ1v) is 10.7. The molecule has 2 heterocycles. The number of benzene rings is 1. The highest BCUT2D eigenvalue weighted by molar-refractivity contribution is 5.82. The number of aliphatic hydroxyl groups excluding tert-OH is 2. The molecule has 30 heavy (non-hydrogen) atoms. The number of hydrogen-bond acceptors (Lipinski definition) is 6. The number of anilines is 1. The molecule has 4 rings (SSSR count). The monoisotopic (exact) mass is 415 g/mol. The van der Waals surface area contributed by atoms with Gasteiger partial charge in [-0.1, -0.05) is 11.6 Å². The summed E-state index contributed by atoms with van der Waals surface area (Å²) in [6.07, 6.45) is 3.21. The van der Waals surface area contributed by atoms with Gasteiger partial charge in [-0.2, -0.15) is 5.10 Å². The molecular formula is C23H33N3O4. The van der Waals surface area contributed by atoms with Gasteiger partial charge >= 0.3 is 0 Å². The predicted octanol–water partition coefficient (Wildman–Crippen LogP) is 2.38. The molecule has 0 amide bonds. The molecule has 7 nitrogen and oxygen atoms in total. The smallest absolute Gasteiger partial charge is 0.0909 e. The second-order valence-corrected chi connectivity index (χ2v) is 9.37. The number of aliphatic hydroxyl groups is 3. The highest BCUT2D eigenvalue weighted by atomic mass is 16.5. The van der Waals surface area contributed by atoms with E-state index >= 15 is 0 Å². The Morgan fingerprint density at radius 2 is 2.20 bits per heavy atom. The summed E-state index contributed by atoms with van der Waals surface area (Å²) in [7, 11) is 1.57. The molecule has 1 aliphatic carbocycles. The van der Waals surface area contributed by atoms with Crippen molar-refractivity contribution in [3.05, 3.63) is 36.0 Å². The number of allylic oxidation sites excluding steroid dienone is 1. The molecule has 2 aliphatic rings. The van der Waals surface area contributed by atoms with E-state index in [4.69, 9.17) is 4.74 Å². The van der Waals surface area contributed by atoms with E-state index in [1.807, 2.05) is 45.0 Å². The van der Waals surface area contributed by atoms with Crippen molar-refractivity contribution >= 4 is 16.6 Å². The quantitative estimate of drug-likeness (QED) is 0.560. The summed E-state index contributed by atoms with van der Waals surface area (Å²) in [5.74, 6) is -0.445. The summed E-state index contributed by atoms with van der Waals surface area (Å²) in [6, 6.07) is 5.99. The third kappa shape index (κ3) is 3.24. The molecule has 0 spiro atoms. The van der Waals surface area contributed by atoms with Crippen molar-refractivity contribution in [1.82, 2.24) is 10.2 Å². The molecule has 164 valence electrons. The van der Waals surface area contributed by atoms with Crippen LogP contribution in [0.4, 0.5) is 5.69 Å². The minimum Gasteiger partial charge on any atom is -0.390 e. The van der Waals surface area contributed by atoms with E-state index < -0.39 is 35.4 Å². The summed E-state index contributed by atoms with van der Waals surface area (Å²) in [4.78, 5) is 2.11. The van der Waals surface area contributed by atoms with Crippen molar-refractivity contribution in [2.75, 3.05) is 18.6 Å². The summed E-state index contributed by atoms with van der Waals surface area (Å²) in [6.45, 7) is 6.37. The summed E-state index contributed by atoms with van der Waals surface area (Å²) < 4.78 is 5.72. The molecule has 0 unspecified atom stereocenters. The first-order chi connectivity index (χ1) is 14.2. The van der Waals surface area contributed by atoms with E-state index in [9.17, 15) is 15.3 Å². The van der Waals surface area contributed by atoms with E-state index in [0.29, 0.717) is 25.8 Å². The van der Waals surface area contributed by atoms with Gasteiger partial charge in [-0.15, -0.1) is 0 Å². The van der Waals surface area contributed by atoms with Gasteiger partial charge in [-0.05, 0) is 58.2 Å². The van der Waals surface area contributed by atoms with Crippen LogP contribution in [0.15, 0.2) is 36.0 Å². The number of fused-ring (bicyclic) bond motifs is 2. The molecule has 1 aromatic heterocycles. The molecular weight excluding hydrogens is 382 g/mol. The van der Waals surface area contributed by atoms with Crippen molar-refractivity contribution in [1.29, 1.82) is 0 Å². The molecule has 1 saturated heterocycles.